The maximum Gasteiger partial charge on any atom is 0.355 e. The van der Waals surface area contributed by atoms with E-state index in [9.17, 15) is 19.2 Å². The van der Waals surface area contributed by atoms with Crippen LogP contribution in [0.25, 0.3) is 10.1 Å². The summed E-state index contributed by atoms with van der Waals surface area (Å²) < 4.78 is 11.8. The normalized spacial score (nSPS) is 10.8. The number of anilines is 2. The van der Waals surface area contributed by atoms with Crippen LogP contribution in [0, 0.1) is 6.92 Å². The first-order valence-corrected chi connectivity index (χ1v) is 14.6. The van der Waals surface area contributed by atoms with Crippen LogP contribution in [0.2, 0.25) is 5.02 Å². The third-order valence-electron chi connectivity index (χ3n) is 6.39. The van der Waals surface area contributed by atoms with Crippen LogP contribution in [0.15, 0.2) is 96.1 Å². The number of fused-ring (bicyclic) bond motifs is 1. The van der Waals surface area contributed by atoms with E-state index < -0.39 is 23.7 Å². The molecule has 0 unspecified atom stereocenters. The molecule has 226 valence electrons. The smallest absolute Gasteiger partial charge is 0.355 e. The summed E-state index contributed by atoms with van der Waals surface area (Å²) in [6.07, 6.45) is 1.28. The van der Waals surface area contributed by atoms with E-state index in [1.54, 1.807) is 24.3 Å². The molecule has 12 heteroatoms. The first-order chi connectivity index (χ1) is 21.7. The van der Waals surface area contributed by atoms with Gasteiger partial charge in [-0.3, -0.25) is 14.4 Å². The van der Waals surface area contributed by atoms with E-state index in [1.807, 2.05) is 49.4 Å². The third-order valence-corrected chi connectivity index (χ3v) is 8.05. The molecule has 0 atom stereocenters. The number of amides is 3. The number of carbonyl (C=O) groups excluding carboxylic acids is 4. The van der Waals surface area contributed by atoms with Crippen LogP contribution in [0.3, 0.4) is 0 Å². The fourth-order valence-electron chi connectivity index (χ4n) is 4.25. The molecule has 0 saturated heterocycles. The van der Waals surface area contributed by atoms with Crippen molar-refractivity contribution in [1.82, 2.24) is 5.43 Å². The third kappa shape index (κ3) is 7.35. The molecule has 0 spiro atoms. The van der Waals surface area contributed by atoms with Crippen molar-refractivity contribution in [3.05, 3.63) is 118 Å². The van der Waals surface area contributed by atoms with Gasteiger partial charge in [-0.2, -0.15) is 5.10 Å². The van der Waals surface area contributed by atoms with E-state index in [2.05, 4.69) is 21.2 Å². The highest BCUT2D eigenvalue weighted by molar-refractivity contribution is 7.21. The Balaban J connectivity index is 1.20. The molecule has 0 bridgehead atoms. The zero-order chi connectivity index (χ0) is 31.9. The number of halogens is 1. The van der Waals surface area contributed by atoms with Crippen molar-refractivity contribution in [2.75, 3.05) is 17.7 Å². The average molecular weight is 641 g/mol. The Bertz CT molecular complexity index is 1970. The summed E-state index contributed by atoms with van der Waals surface area (Å²) in [5.41, 5.74) is 4.51. The monoisotopic (exact) mass is 640 g/mol. The van der Waals surface area contributed by atoms with Gasteiger partial charge in [0.25, 0.3) is 5.91 Å². The van der Waals surface area contributed by atoms with Gasteiger partial charge in [0.15, 0.2) is 11.5 Å². The van der Waals surface area contributed by atoms with Gasteiger partial charge in [-0.25, -0.2) is 10.2 Å². The maximum absolute atomic E-state index is 12.9. The highest BCUT2D eigenvalue weighted by Crippen LogP contribution is 2.37. The number of carbonyl (C=O) groups is 4. The van der Waals surface area contributed by atoms with E-state index >= 15 is 0 Å². The highest BCUT2D eigenvalue weighted by Gasteiger charge is 2.21. The number of hydrazone groups is 1. The summed E-state index contributed by atoms with van der Waals surface area (Å²) in [7, 11) is 1.41. The lowest BCUT2D eigenvalue weighted by Crippen LogP contribution is -2.33. The molecule has 0 saturated carbocycles. The zero-order valence-electron chi connectivity index (χ0n) is 23.9. The summed E-state index contributed by atoms with van der Waals surface area (Å²) in [5.74, 6) is -2.78. The van der Waals surface area contributed by atoms with Crippen LogP contribution in [0.4, 0.5) is 11.4 Å². The summed E-state index contributed by atoms with van der Waals surface area (Å²) in [5, 5.41) is 10.1. The molecule has 3 N–H and O–H groups in total. The van der Waals surface area contributed by atoms with Gasteiger partial charge in [-0.15, -0.1) is 11.3 Å². The van der Waals surface area contributed by atoms with Crippen molar-refractivity contribution in [2.45, 2.75) is 6.92 Å². The van der Waals surface area contributed by atoms with Gasteiger partial charge in [0, 0.05) is 15.8 Å². The SMILES string of the molecule is COc1cc(C=NNC(=O)C(=O)Nc2ccccc2C(=O)Nc2cccc(C)c2)ccc1OC(=O)c1sc2ccccc2c1Cl. The largest absolute Gasteiger partial charge is 0.493 e. The number of aryl methyl sites for hydroxylation is 1. The standard InChI is InChI=1S/C33H25ClN4O6S/c1-19-8-7-9-21(16-19)36-30(39)22-10-3-5-12-24(22)37-31(40)32(41)38-35-18-20-14-15-25(26(17-20)43-2)44-33(42)29-28(34)23-11-4-6-13-27(23)45-29/h3-18H,1-2H3,(H,36,39)(H,37,40)(H,38,41). The van der Waals surface area contributed by atoms with Gasteiger partial charge in [0.2, 0.25) is 0 Å². The molecule has 45 heavy (non-hydrogen) atoms. The van der Waals surface area contributed by atoms with Crippen LogP contribution in [0.1, 0.15) is 31.2 Å². The van der Waals surface area contributed by atoms with Crippen LogP contribution in [-0.2, 0) is 9.59 Å². The quantitative estimate of drug-likeness (QED) is 0.0588. The molecule has 0 radical (unpaired) electrons. The number of thiophene rings is 1. The Hall–Kier alpha value is -5.52. The first-order valence-electron chi connectivity index (χ1n) is 13.4. The molecule has 3 amide bonds. The Labute approximate surface area is 266 Å². The number of hydrogen-bond acceptors (Lipinski definition) is 8. The predicted octanol–water partition coefficient (Wildman–Crippen LogP) is 6.43. The zero-order valence-corrected chi connectivity index (χ0v) is 25.5. The lowest BCUT2D eigenvalue weighted by molar-refractivity contribution is -0.136. The molecule has 0 fully saturated rings. The van der Waals surface area contributed by atoms with Crippen molar-refractivity contribution in [1.29, 1.82) is 0 Å². The molecular formula is C33H25ClN4O6S. The molecule has 1 heterocycles. The predicted molar refractivity (Wildman–Crippen MR) is 175 cm³/mol. The van der Waals surface area contributed by atoms with Gasteiger partial charge in [0.05, 0.1) is 29.6 Å². The summed E-state index contributed by atoms with van der Waals surface area (Å²) >= 11 is 7.63. The lowest BCUT2D eigenvalue weighted by Gasteiger charge is -2.11. The number of ether oxygens (including phenoxy) is 2. The Morgan fingerprint density at radius 3 is 2.40 bits per heavy atom. The number of nitrogens with one attached hydrogen (secondary N) is 3. The molecule has 0 aliphatic rings. The first kappa shape index (κ1) is 30.9. The van der Waals surface area contributed by atoms with Crippen molar-refractivity contribution >= 4 is 74.3 Å². The number of para-hydroxylation sites is 1. The van der Waals surface area contributed by atoms with Crippen LogP contribution >= 0.6 is 22.9 Å². The van der Waals surface area contributed by atoms with Crippen LogP contribution in [0.5, 0.6) is 11.5 Å². The highest BCUT2D eigenvalue weighted by atomic mass is 35.5. The van der Waals surface area contributed by atoms with Crippen molar-refractivity contribution in [3.8, 4) is 11.5 Å². The van der Waals surface area contributed by atoms with Crippen molar-refractivity contribution in [3.63, 3.8) is 0 Å². The second-order valence-corrected chi connectivity index (χ2v) is 11.0. The van der Waals surface area contributed by atoms with Gasteiger partial charge < -0.3 is 20.1 Å². The van der Waals surface area contributed by atoms with E-state index in [0.29, 0.717) is 16.3 Å². The Kier molecular flexibility index (Phi) is 9.51. The molecule has 5 rings (SSSR count). The number of rotatable bonds is 8. The fraction of sp³-hybridized carbons (Fsp3) is 0.0606. The van der Waals surface area contributed by atoms with E-state index in [4.69, 9.17) is 21.1 Å². The molecule has 4 aromatic carbocycles. The Morgan fingerprint density at radius 1 is 0.844 bits per heavy atom. The summed E-state index contributed by atoms with van der Waals surface area (Å²) in [6.45, 7) is 1.90. The van der Waals surface area contributed by atoms with E-state index in [-0.39, 0.29) is 27.6 Å². The minimum atomic E-state index is -1.06. The van der Waals surface area contributed by atoms with Gasteiger partial charge in [0.1, 0.15) is 4.88 Å². The minimum Gasteiger partial charge on any atom is -0.493 e. The number of nitrogens with zero attached hydrogens (tertiary/aromatic N) is 1. The number of benzene rings is 4. The summed E-state index contributed by atoms with van der Waals surface area (Å²) in [4.78, 5) is 51.0. The second-order valence-electron chi connectivity index (χ2n) is 9.56. The topological polar surface area (TPSA) is 135 Å². The number of hydrogen-bond donors (Lipinski definition) is 3. The van der Waals surface area contributed by atoms with Gasteiger partial charge in [-0.05, 0) is 66.6 Å². The van der Waals surface area contributed by atoms with E-state index in [1.165, 1.54) is 48.9 Å². The van der Waals surface area contributed by atoms with Gasteiger partial charge >= 0.3 is 17.8 Å². The number of methoxy groups -OCH3 is 1. The minimum absolute atomic E-state index is 0.151. The molecule has 0 aliphatic carbocycles. The second kappa shape index (κ2) is 13.8. The molecule has 10 nitrogen and oxygen atoms in total. The van der Waals surface area contributed by atoms with Gasteiger partial charge in [-0.1, -0.05) is 54.1 Å². The molecule has 1 aromatic heterocycles. The van der Waals surface area contributed by atoms with Crippen molar-refractivity contribution < 1.29 is 28.7 Å². The lowest BCUT2D eigenvalue weighted by atomic mass is 10.1. The van der Waals surface area contributed by atoms with Crippen LogP contribution < -0.4 is 25.5 Å². The fourth-order valence-corrected chi connectivity index (χ4v) is 5.63. The molecule has 5 aromatic rings. The van der Waals surface area contributed by atoms with E-state index in [0.717, 1.165) is 15.6 Å². The number of esters is 1. The maximum atomic E-state index is 12.9. The summed E-state index contributed by atoms with van der Waals surface area (Å²) in [6, 6.07) is 25.6. The average Bonchev–Trinajstić information content (AvgIpc) is 3.38. The molecular weight excluding hydrogens is 616 g/mol. The molecule has 0 aliphatic heterocycles. The van der Waals surface area contributed by atoms with Crippen molar-refractivity contribution in [2.24, 2.45) is 5.10 Å². The Morgan fingerprint density at radius 2 is 1.62 bits per heavy atom. The van der Waals surface area contributed by atoms with Crippen LogP contribution in [-0.4, -0.2) is 37.0 Å².